The van der Waals surface area contributed by atoms with E-state index in [0.29, 0.717) is 0 Å². The Bertz CT molecular complexity index is 956. The van der Waals surface area contributed by atoms with Crippen LogP contribution in [0.25, 0.3) is 0 Å². The van der Waals surface area contributed by atoms with Crippen molar-refractivity contribution < 1.29 is 31.7 Å². The molecule has 0 spiro atoms. The minimum atomic E-state index is -4.30. The molecule has 10 heteroatoms. The molecule has 8 nitrogen and oxygen atoms in total. The predicted molar refractivity (Wildman–Crippen MR) is 93.0 cm³/mol. The number of carbonyl (C=O) groups is 2. The number of carbonyl (C=O) groups excluding carboxylic acids is 1. The number of carboxylic acids is 1. The number of carboxylic acid groups (broad SMARTS) is 1. The number of aromatic carboxylic acids is 1. The zero-order valence-corrected chi connectivity index (χ0v) is 15.9. The third kappa shape index (κ3) is 3.92. The van der Waals surface area contributed by atoms with Gasteiger partial charge in [-0.15, -0.1) is 0 Å². The van der Waals surface area contributed by atoms with Gasteiger partial charge in [0.25, 0.3) is 0 Å². The molecule has 0 saturated carbocycles. The van der Waals surface area contributed by atoms with Crippen LogP contribution in [-0.4, -0.2) is 17.0 Å². The molecule has 0 aromatic heterocycles. The third-order valence-electron chi connectivity index (χ3n) is 2.81. The van der Waals surface area contributed by atoms with Gasteiger partial charge in [-0.1, -0.05) is 18.2 Å². The maximum Gasteiger partial charge on any atom is 0.345 e. The van der Waals surface area contributed by atoms with Crippen molar-refractivity contribution in [2.75, 3.05) is 0 Å². The molecular formula is C14H8I2O8. The van der Waals surface area contributed by atoms with Crippen molar-refractivity contribution >= 4 is 51.5 Å². The molecular weight excluding hydrogens is 550 g/mol. The summed E-state index contributed by atoms with van der Waals surface area (Å²) in [5.74, 6) is -3.01. The molecule has 0 unspecified atom stereocenters. The van der Waals surface area contributed by atoms with E-state index in [9.17, 15) is 21.9 Å². The Kier molecular flexibility index (Phi) is 5.93. The molecule has 0 aliphatic heterocycles. The Morgan fingerprint density at radius 1 is 0.833 bits per heavy atom. The topological polar surface area (TPSA) is 132 Å². The van der Waals surface area contributed by atoms with Gasteiger partial charge in [-0.3, -0.25) is 0 Å². The van der Waals surface area contributed by atoms with Gasteiger partial charge in [-0.25, -0.2) is 21.9 Å². The summed E-state index contributed by atoms with van der Waals surface area (Å²) in [6, 6.07) is 8.74. The lowest BCUT2D eigenvalue weighted by Crippen LogP contribution is -2.12. The van der Waals surface area contributed by atoms with E-state index in [1.54, 1.807) is 0 Å². The van der Waals surface area contributed by atoms with E-state index in [2.05, 4.69) is 0 Å². The summed E-state index contributed by atoms with van der Waals surface area (Å²) in [5.41, 5.74) is -0.749. The Hall–Kier alpha value is -1.96. The Morgan fingerprint density at radius 3 is 2.04 bits per heavy atom. The summed E-state index contributed by atoms with van der Waals surface area (Å²) in [6.45, 7) is 0. The van der Waals surface area contributed by atoms with Crippen molar-refractivity contribution in [2.45, 2.75) is 0 Å². The van der Waals surface area contributed by atoms with E-state index in [4.69, 9.17) is 9.84 Å². The van der Waals surface area contributed by atoms with E-state index in [0.717, 1.165) is 12.1 Å². The summed E-state index contributed by atoms with van der Waals surface area (Å²) in [5, 5.41) is 9.04. The smallest absolute Gasteiger partial charge is 0.345 e. The SMILES string of the molecule is O=C(Oc1cccc(C(=O)O)c1I(=O)=O)c1ccccc1I(=O)=O. The molecule has 0 amide bonds. The summed E-state index contributed by atoms with van der Waals surface area (Å²) in [7, 11) is 0. The molecule has 0 radical (unpaired) electrons. The minimum absolute atomic E-state index is 0.192. The van der Waals surface area contributed by atoms with Crippen LogP contribution in [0, 0.1) is 7.14 Å². The van der Waals surface area contributed by atoms with E-state index in [-0.39, 0.29) is 9.13 Å². The van der Waals surface area contributed by atoms with Crippen LogP contribution >= 0.6 is 39.6 Å². The maximum atomic E-state index is 12.2. The third-order valence-corrected chi connectivity index (χ3v) is 6.69. The second-order valence-electron chi connectivity index (χ2n) is 4.23. The normalized spacial score (nSPS) is 10.8. The lowest BCUT2D eigenvalue weighted by Gasteiger charge is -2.08. The molecule has 0 aliphatic carbocycles. The average molecular weight is 558 g/mol. The lowest BCUT2D eigenvalue weighted by molar-refractivity contribution is 0.0685. The summed E-state index contributed by atoms with van der Waals surface area (Å²) in [4.78, 5) is 23.3. The molecule has 24 heavy (non-hydrogen) atoms. The van der Waals surface area contributed by atoms with Gasteiger partial charge in [-0.2, -0.15) is 0 Å². The highest BCUT2D eigenvalue weighted by molar-refractivity contribution is 14.2. The first-order valence-electron chi connectivity index (χ1n) is 6.11. The quantitative estimate of drug-likeness (QED) is 0.336. The van der Waals surface area contributed by atoms with E-state index < -0.39 is 66.4 Å². The number of hydrogen-bond acceptors (Lipinski definition) is 7. The van der Waals surface area contributed by atoms with Crippen molar-refractivity contribution in [1.82, 2.24) is 0 Å². The van der Waals surface area contributed by atoms with E-state index in [1.807, 2.05) is 0 Å². The fourth-order valence-electron chi connectivity index (χ4n) is 1.83. The van der Waals surface area contributed by atoms with Crippen molar-refractivity contribution in [1.29, 1.82) is 0 Å². The van der Waals surface area contributed by atoms with Crippen LogP contribution < -0.4 is 4.74 Å². The van der Waals surface area contributed by atoms with Crippen molar-refractivity contribution in [3.8, 4) is 5.75 Å². The molecule has 2 aromatic carbocycles. The van der Waals surface area contributed by atoms with Crippen molar-refractivity contribution in [2.24, 2.45) is 0 Å². The summed E-state index contributed by atoms with van der Waals surface area (Å²) in [6.07, 6.45) is 0. The summed E-state index contributed by atoms with van der Waals surface area (Å²) < 4.78 is 49.5. The molecule has 126 valence electrons. The second kappa shape index (κ2) is 7.74. The maximum absolute atomic E-state index is 12.2. The largest absolute Gasteiger partial charge is 0.478 e. The monoisotopic (exact) mass is 558 g/mol. The Morgan fingerprint density at radius 2 is 1.46 bits per heavy atom. The molecule has 0 fully saturated rings. The number of benzene rings is 2. The van der Waals surface area contributed by atoms with Crippen LogP contribution in [0.5, 0.6) is 5.75 Å². The minimum Gasteiger partial charge on any atom is -0.478 e. The van der Waals surface area contributed by atoms with Gasteiger partial charge < -0.3 is 9.84 Å². The number of halogens is 2. The van der Waals surface area contributed by atoms with Crippen LogP contribution in [-0.2, 0) is 12.3 Å². The molecule has 0 bridgehead atoms. The van der Waals surface area contributed by atoms with E-state index in [1.165, 1.54) is 30.3 Å². The van der Waals surface area contributed by atoms with Gasteiger partial charge in [0.2, 0.25) is 0 Å². The molecule has 0 atom stereocenters. The predicted octanol–water partition coefficient (Wildman–Crippen LogP) is 3.34. The van der Waals surface area contributed by atoms with Crippen LogP contribution in [0.15, 0.2) is 42.5 Å². The first kappa shape index (κ1) is 18.4. The number of rotatable bonds is 5. The molecule has 0 aliphatic rings. The molecule has 0 saturated heterocycles. The Labute approximate surface area is 149 Å². The first-order valence-corrected chi connectivity index (χ1v) is 11.8. The van der Waals surface area contributed by atoms with Crippen LogP contribution in [0.3, 0.4) is 0 Å². The molecule has 0 heterocycles. The second-order valence-corrected chi connectivity index (χ2v) is 8.95. The van der Waals surface area contributed by atoms with Crippen molar-refractivity contribution in [3.63, 3.8) is 0 Å². The van der Waals surface area contributed by atoms with Gasteiger partial charge >= 0.3 is 51.5 Å². The van der Waals surface area contributed by atoms with Gasteiger partial charge in [0, 0.05) is 0 Å². The van der Waals surface area contributed by atoms with Crippen molar-refractivity contribution in [3.05, 3.63) is 60.7 Å². The van der Waals surface area contributed by atoms with Gasteiger partial charge in [0.15, 0.2) is 5.75 Å². The van der Waals surface area contributed by atoms with E-state index >= 15 is 0 Å². The number of ether oxygens (including phenoxy) is 1. The van der Waals surface area contributed by atoms with Gasteiger partial charge in [-0.05, 0) is 24.3 Å². The molecule has 2 aromatic rings. The van der Waals surface area contributed by atoms with Crippen LogP contribution in [0.4, 0.5) is 0 Å². The van der Waals surface area contributed by atoms with Gasteiger partial charge in [0.05, 0.1) is 14.7 Å². The van der Waals surface area contributed by atoms with Crippen LogP contribution in [0.1, 0.15) is 20.7 Å². The molecule has 2 rings (SSSR count). The lowest BCUT2D eigenvalue weighted by atomic mass is 10.2. The molecule has 1 N–H and O–H groups in total. The van der Waals surface area contributed by atoms with Crippen LogP contribution in [0.2, 0.25) is 0 Å². The zero-order valence-electron chi connectivity index (χ0n) is 11.6. The highest BCUT2D eigenvalue weighted by Gasteiger charge is 2.23. The standard InChI is InChI=1S/C14H8I2O8/c17-13(18)9-5-3-7-11(12(9)16(22)23)24-14(19)8-4-1-2-6-10(8)15(20)21/h1-7H,(H,17,18). The fraction of sp³-hybridized carbons (Fsp3) is 0. The summed E-state index contributed by atoms with van der Waals surface area (Å²) >= 11 is -8.28. The fourth-order valence-corrected chi connectivity index (χ4v) is 4.81. The highest BCUT2D eigenvalue weighted by atomic mass is 127. The zero-order chi connectivity index (χ0) is 17.9. The number of esters is 1. The number of hydrogen-bond donors (Lipinski definition) is 1. The van der Waals surface area contributed by atoms with Gasteiger partial charge in [0.1, 0.15) is 3.57 Å². The first-order chi connectivity index (χ1) is 11.3. The Balaban J connectivity index is 2.51. The average Bonchev–Trinajstić information content (AvgIpc) is 2.54. The highest BCUT2D eigenvalue weighted by Crippen LogP contribution is 2.32.